The molecule has 3 N–H and O–H groups in total. The molecule has 6 heteroatoms. The molecule has 92 valence electrons. The molecule has 0 aliphatic heterocycles. The van der Waals surface area contributed by atoms with E-state index in [0.29, 0.717) is 0 Å². The third-order valence-electron chi connectivity index (χ3n) is 2.74. The summed E-state index contributed by atoms with van der Waals surface area (Å²) >= 11 is 1.68. The van der Waals surface area contributed by atoms with E-state index in [1.165, 1.54) is 11.1 Å². The Morgan fingerprint density at radius 1 is 1.56 bits per heavy atom. The van der Waals surface area contributed by atoms with Gasteiger partial charge in [0.15, 0.2) is 9.84 Å². The first-order chi connectivity index (χ1) is 7.45. The zero-order valence-electron chi connectivity index (χ0n) is 9.51. The Morgan fingerprint density at radius 2 is 2.25 bits per heavy atom. The quantitative estimate of drug-likeness (QED) is 0.591. The summed E-state index contributed by atoms with van der Waals surface area (Å²) in [5.74, 6) is 5.40. The minimum absolute atomic E-state index is 0.197. The predicted molar refractivity (Wildman–Crippen MR) is 68.1 cm³/mol. The van der Waals surface area contributed by atoms with Crippen molar-refractivity contribution in [3.05, 3.63) is 22.4 Å². The van der Waals surface area contributed by atoms with E-state index < -0.39 is 15.1 Å². The molecular formula is C10H18N2O2S2. The molecule has 2 atom stereocenters. The topological polar surface area (TPSA) is 72.2 Å². The van der Waals surface area contributed by atoms with Crippen molar-refractivity contribution in [1.29, 1.82) is 0 Å². The predicted octanol–water partition coefficient (Wildman–Crippen LogP) is 0.946. The van der Waals surface area contributed by atoms with Crippen LogP contribution in [0.25, 0.3) is 0 Å². The van der Waals surface area contributed by atoms with Crippen molar-refractivity contribution in [2.24, 2.45) is 5.84 Å². The average Bonchev–Trinajstić information content (AvgIpc) is 2.69. The second kappa shape index (κ2) is 5.77. The first-order valence-corrected chi connectivity index (χ1v) is 7.96. The highest BCUT2D eigenvalue weighted by Gasteiger charge is 2.24. The van der Waals surface area contributed by atoms with Crippen molar-refractivity contribution < 1.29 is 8.42 Å². The number of nitrogens with two attached hydrogens (primary N) is 1. The van der Waals surface area contributed by atoms with Gasteiger partial charge in [-0.2, -0.15) is 0 Å². The highest BCUT2D eigenvalue weighted by atomic mass is 32.2. The molecule has 0 fully saturated rings. The van der Waals surface area contributed by atoms with Crippen LogP contribution in [0.3, 0.4) is 0 Å². The van der Waals surface area contributed by atoms with Crippen molar-refractivity contribution in [3.8, 4) is 0 Å². The van der Waals surface area contributed by atoms with Crippen LogP contribution in [0.1, 0.15) is 18.2 Å². The molecule has 1 aromatic heterocycles. The van der Waals surface area contributed by atoms with E-state index in [2.05, 4.69) is 5.43 Å². The molecular weight excluding hydrogens is 244 g/mol. The van der Waals surface area contributed by atoms with Gasteiger partial charge in [0.2, 0.25) is 0 Å². The molecule has 2 unspecified atom stereocenters. The van der Waals surface area contributed by atoms with Crippen molar-refractivity contribution >= 4 is 21.2 Å². The van der Waals surface area contributed by atoms with E-state index in [0.717, 1.165) is 12.8 Å². The fraction of sp³-hybridized carbons (Fsp3) is 0.600. The Hall–Kier alpha value is -0.430. The van der Waals surface area contributed by atoms with Gasteiger partial charge in [0.25, 0.3) is 0 Å². The molecule has 4 nitrogen and oxygen atoms in total. The summed E-state index contributed by atoms with van der Waals surface area (Å²) in [4.78, 5) is 1.25. The van der Waals surface area contributed by atoms with E-state index in [1.807, 2.05) is 17.5 Å². The molecule has 0 spiro atoms. The van der Waals surface area contributed by atoms with E-state index in [9.17, 15) is 8.42 Å². The summed E-state index contributed by atoms with van der Waals surface area (Å²) in [6, 6.07) is 3.84. The van der Waals surface area contributed by atoms with Crippen molar-refractivity contribution in [2.45, 2.75) is 31.1 Å². The van der Waals surface area contributed by atoms with E-state index >= 15 is 0 Å². The van der Waals surface area contributed by atoms with Gasteiger partial charge in [0.1, 0.15) is 0 Å². The molecule has 0 bridgehead atoms. The normalized spacial score (nSPS) is 15.9. The van der Waals surface area contributed by atoms with Crippen LogP contribution in [-0.2, 0) is 16.3 Å². The fourth-order valence-electron chi connectivity index (χ4n) is 1.50. The van der Waals surface area contributed by atoms with Gasteiger partial charge in [-0.25, -0.2) is 8.42 Å². The van der Waals surface area contributed by atoms with E-state index in [4.69, 9.17) is 5.84 Å². The highest BCUT2D eigenvalue weighted by molar-refractivity contribution is 7.91. The lowest BCUT2D eigenvalue weighted by Crippen LogP contribution is -2.46. The molecule has 0 aliphatic rings. The Morgan fingerprint density at radius 3 is 2.69 bits per heavy atom. The number of hydrogen-bond acceptors (Lipinski definition) is 5. The molecule has 1 heterocycles. The molecule has 0 aromatic carbocycles. The number of hydrogen-bond donors (Lipinski definition) is 2. The van der Waals surface area contributed by atoms with Crippen molar-refractivity contribution in [3.63, 3.8) is 0 Å². The smallest absolute Gasteiger partial charge is 0.151 e. The monoisotopic (exact) mass is 262 g/mol. The van der Waals surface area contributed by atoms with Gasteiger partial charge in [0.05, 0.1) is 5.25 Å². The summed E-state index contributed by atoms with van der Waals surface area (Å²) in [7, 11) is -3.04. The van der Waals surface area contributed by atoms with Gasteiger partial charge in [-0.05, 0) is 31.2 Å². The van der Waals surface area contributed by atoms with Crippen LogP contribution < -0.4 is 11.3 Å². The Bertz CT molecular complexity index is 400. The van der Waals surface area contributed by atoms with Gasteiger partial charge < -0.3 is 0 Å². The fourth-order valence-corrected chi connectivity index (χ4v) is 3.04. The van der Waals surface area contributed by atoms with Crippen LogP contribution >= 0.6 is 11.3 Å². The molecule has 1 rings (SSSR count). The first kappa shape index (κ1) is 13.6. The average molecular weight is 262 g/mol. The lowest BCUT2D eigenvalue weighted by molar-refractivity contribution is 0.471. The van der Waals surface area contributed by atoms with Crippen molar-refractivity contribution in [1.82, 2.24) is 5.43 Å². The number of sulfone groups is 1. The zero-order valence-corrected chi connectivity index (χ0v) is 11.1. The molecule has 0 saturated heterocycles. The van der Waals surface area contributed by atoms with Gasteiger partial charge >= 0.3 is 0 Å². The summed E-state index contributed by atoms with van der Waals surface area (Å²) < 4.78 is 22.8. The summed E-state index contributed by atoms with van der Waals surface area (Å²) in [6.45, 7) is 1.69. The molecule has 1 aromatic rings. The Kier molecular flexibility index (Phi) is 4.91. The molecule has 0 aliphatic carbocycles. The third kappa shape index (κ3) is 3.86. The van der Waals surface area contributed by atoms with Crippen LogP contribution in [0.2, 0.25) is 0 Å². The highest BCUT2D eigenvalue weighted by Crippen LogP contribution is 2.15. The van der Waals surface area contributed by atoms with Crippen molar-refractivity contribution in [2.75, 3.05) is 6.26 Å². The first-order valence-electron chi connectivity index (χ1n) is 5.12. The second-order valence-corrected chi connectivity index (χ2v) is 7.36. The Labute approximate surface area is 101 Å². The third-order valence-corrected chi connectivity index (χ3v) is 5.35. The second-order valence-electron chi connectivity index (χ2n) is 3.93. The van der Waals surface area contributed by atoms with Crippen LogP contribution in [0, 0.1) is 0 Å². The molecule has 0 saturated carbocycles. The van der Waals surface area contributed by atoms with E-state index in [-0.39, 0.29) is 6.04 Å². The zero-order chi connectivity index (χ0) is 12.2. The molecule has 0 amide bonds. The van der Waals surface area contributed by atoms with Crippen LogP contribution in [-0.4, -0.2) is 26.0 Å². The number of thiophene rings is 1. The van der Waals surface area contributed by atoms with Gasteiger partial charge in [-0.15, -0.1) is 11.3 Å². The summed E-state index contributed by atoms with van der Waals surface area (Å²) in [5, 5.41) is 1.55. The largest absolute Gasteiger partial charge is 0.271 e. The molecule has 0 radical (unpaired) electrons. The summed E-state index contributed by atoms with van der Waals surface area (Å²) in [5.41, 5.74) is 2.60. The maximum atomic E-state index is 11.4. The maximum Gasteiger partial charge on any atom is 0.151 e. The van der Waals surface area contributed by atoms with Crippen LogP contribution in [0.15, 0.2) is 17.5 Å². The maximum absolute atomic E-state index is 11.4. The number of aryl methyl sites for hydroxylation is 1. The molecule has 16 heavy (non-hydrogen) atoms. The SMILES string of the molecule is CC(C(CCc1cccs1)NN)S(C)(=O)=O. The Balaban J connectivity index is 2.56. The van der Waals surface area contributed by atoms with Gasteiger partial charge in [-0.1, -0.05) is 6.07 Å². The minimum Gasteiger partial charge on any atom is -0.271 e. The van der Waals surface area contributed by atoms with Gasteiger partial charge in [0, 0.05) is 17.2 Å². The lowest BCUT2D eigenvalue weighted by Gasteiger charge is -2.21. The number of nitrogens with one attached hydrogen (secondary N) is 1. The summed E-state index contributed by atoms with van der Waals surface area (Å²) in [6.07, 6.45) is 2.82. The van der Waals surface area contributed by atoms with Gasteiger partial charge in [-0.3, -0.25) is 11.3 Å². The van der Waals surface area contributed by atoms with E-state index in [1.54, 1.807) is 18.3 Å². The number of hydrazine groups is 1. The standard InChI is InChI=1S/C10H18N2O2S2/c1-8(16(2,13)14)10(12-11)6-5-9-4-3-7-15-9/h3-4,7-8,10,12H,5-6,11H2,1-2H3. The minimum atomic E-state index is -3.04. The van der Waals surface area contributed by atoms with Crippen LogP contribution in [0.4, 0.5) is 0 Å². The van der Waals surface area contributed by atoms with Crippen LogP contribution in [0.5, 0.6) is 0 Å². The number of rotatable bonds is 6. The lowest BCUT2D eigenvalue weighted by atomic mass is 10.1.